The molecule has 0 aromatic rings. The van der Waals surface area contributed by atoms with Crippen LogP contribution in [0.5, 0.6) is 0 Å². The largest absolute Gasteiger partial charge is 0.389 e. The van der Waals surface area contributed by atoms with Gasteiger partial charge in [-0.25, -0.2) is 8.42 Å². The Kier molecular flexibility index (Phi) is 3.20. The Balaban J connectivity index is 2.65. The average Bonchev–Trinajstić information content (AvgIpc) is 2.26. The van der Waals surface area contributed by atoms with Gasteiger partial charge in [-0.05, 0) is 34.1 Å². The Morgan fingerprint density at radius 1 is 1.27 bits per heavy atom. The van der Waals surface area contributed by atoms with E-state index in [4.69, 9.17) is 0 Å². The fourth-order valence-electron chi connectivity index (χ4n) is 1.60. The lowest BCUT2D eigenvalue weighted by Crippen LogP contribution is -2.59. The van der Waals surface area contributed by atoms with E-state index in [-0.39, 0.29) is 17.5 Å². The summed E-state index contributed by atoms with van der Waals surface area (Å²) in [5, 5.41) is 13.1. The van der Waals surface area contributed by atoms with Crippen molar-refractivity contribution in [3.05, 3.63) is 0 Å². The summed E-state index contributed by atoms with van der Waals surface area (Å²) >= 11 is 0. The van der Waals surface area contributed by atoms with Crippen LogP contribution in [0.15, 0.2) is 0 Å². The highest BCUT2D eigenvalue weighted by atomic mass is 32.2. The number of rotatable bonds is 3. The molecule has 90 valence electrons. The number of aliphatic hydroxyl groups is 1. The highest BCUT2D eigenvalue weighted by molar-refractivity contribution is 7.91. The molecule has 1 heterocycles. The van der Waals surface area contributed by atoms with Crippen molar-refractivity contribution in [2.75, 3.05) is 11.5 Å². The van der Waals surface area contributed by atoms with Crippen molar-refractivity contribution < 1.29 is 13.5 Å². The molecule has 1 aliphatic heterocycles. The molecule has 1 fully saturated rings. The summed E-state index contributed by atoms with van der Waals surface area (Å²) in [5.74, 6) is 0.444. The van der Waals surface area contributed by atoms with Crippen molar-refractivity contribution in [2.45, 2.75) is 51.3 Å². The minimum atomic E-state index is -2.86. The molecule has 0 aromatic heterocycles. The van der Waals surface area contributed by atoms with Crippen LogP contribution in [0.4, 0.5) is 0 Å². The molecular weight excluding hydrogens is 214 g/mol. The first-order valence-electron chi connectivity index (χ1n) is 5.24. The van der Waals surface area contributed by atoms with E-state index in [2.05, 4.69) is 5.32 Å². The van der Waals surface area contributed by atoms with Gasteiger partial charge >= 0.3 is 0 Å². The normalized spacial score (nSPS) is 26.9. The third-order valence-corrected chi connectivity index (χ3v) is 5.09. The van der Waals surface area contributed by atoms with Gasteiger partial charge in [-0.3, -0.25) is 0 Å². The van der Waals surface area contributed by atoms with E-state index in [1.807, 2.05) is 13.8 Å². The molecule has 1 unspecified atom stereocenters. The lowest BCUT2D eigenvalue weighted by molar-refractivity contribution is -0.00868. The van der Waals surface area contributed by atoms with Gasteiger partial charge in [0.2, 0.25) is 0 Å². The molecule has 0 aliphatic carbocycles. The molecular formula is C10H21NO3S. The summed E-state index contributed by atoms with van der Waals surface area (Å²) in [5.41, 5.74) is -1.36. The predicted molar refractivity (Wildman–Crippen MR) is 60.6 cm³/mol. The molecule has 5 heteroatoms. The summed E-state index contributed by atoms with van der Waals surface area (Å²) in [4.78, 5) is 0. The Morgan fingerprint density at radius 3 is 2.13 bits per heavy atom. The predicted octanol–water partition coefficient (Wildman–Crippen LogP) is 0.313. The molecule has 4 nitrogen and oxygen atoms in total. The number of hydrogen-bond acceptors (Lipinski definition) is 4. The Bertz CT molecular complexity index is 327. The minimum Gasteiger partial charge on any atom is -0.389 e. The molecule has 0 bridgehead atoms. The van der Waals surface area contributed by atoms with E-state index < -0.39 is 21.0 Å². The van der Waals surface area contributed by atoms with Gasteiger partial charge in [-0.1, -0.05) is 0 Å². The second-order valence-corrected chi connectivity index (χ2v) is 7.66. The zero-order valence-corrected chi connectivity index (χ0v) is 10.7. The summed E-state index contributed by atoms with van der Waals surface area (Å²) < 4.78 is 22.5. The van der Waals surface area contributed by atoms with Crippen LogP contribution in [-0.4, -0.2) is 42.2 Å². The van der Waals surface area contributed by atoms with Gasteiger partial charge in [0.15, 0.2) is 9.84 Å². The minimum absolute atomic E-state index is 0.0311. The Hall–Kier alpha value is -0.130. The van der Waals surface area contributed by atoms with Crippen LogP contribution in [-0.2, 0) is 9.84 Å². The Labute approximate surface area is 92.0 Å². The molecule has 1 atom stereocenters. The molecule has 1 saturated heterocycles. The molecule has 2 N–H and O–H groups in total. The van der Waals surface area contributed by atoms with Crippen molar-refractivity contribution in [1.29, 1.82) is 0 Å². The van der Waals surface area contributed by atoms with Crippen molar-refractivity contribution in [1.82, 2.24) is 5.32 Å². The molecule has 0 saturated carbocycles. The summed E-state index contributed by atoms with van der Waals surface area (Å²) in [6.45, 7) is 7.22. The van der Waals surface area contributed by atoms with Crippen molar-refractivity contribution in [3.8, 4) is 0 Å². The molecule has 0 spiro atoms. The van der Waals surface area contributed by atoms with Gasteiger partial charge in [0.25, 0.3) is 0 Å². The third-order valence-electron chi connectivity index (χ3n) is 3.33. The number of sulfone groups is 1. The van der Waals surface area contributed by atoms with Crippen LogP contribution in [0, 0.1) is 0 Å². The van der Waals surface area contributed by atoms with E-state index >= 15 is 0 Å². The first-order valence-corrected chi connectivity index (χ1v) is 7.06. The van der Waals surface area contributed by atoms with Gasteiger partial charge in [0.1, 0.15) is 0 Å². The zero-order chi connectivity index (χ0) is 11.9. The summed E-state index contributed by atoms with van der Waals surface area (Å²) in [6, 6.07) is -0.0311. The van der Waals surface area contributed by atoms with Crippen LogP contribution in [0.3, 0.4) is 0 Å². The first kappa shape index (κ1) is 12.9. The van der Waals surface area contributed by atoms with Crippen LogP contribution >= 0.6 is 0 Å². The second kappa shape index (κ2) is 3.71. The lowest BCUT2D eigenvalue weighted by atomic mass is 9.85. The molecule has 0 amide bonds. The van der Waals surface area contributed by atoms with Gasteiger partial charge in [0, 0.05) is 11.6 Å². The van der Waals surface area contributed by atoms with Gasteiger partial charge in [0.05, 0.1) is 17.1 Å². The van der Waals surface area contributed by atoms with Crippen LogP contribution in [0.1, 0.15) is 34.1 Å². The quantitative estimate of drug-likeness (QED) is 0.739. The first-order chi connectivity index (χ1) is 6.54. The molecule has 1 rings (SSSR count). The number of nitrogens with one attached hydrogen (secondary N) is 1. The lowest BCUT2D eigenvalue weighted by Gasteiger charge is -2.40. The van der Waals surface area contributed by atoms with Crippen molar-refractivity contribution >= 4 is 9.84 Å². The fourth-order valence-corrected chi connectivity index (χ4v) is 3.27. The van der Waals surface area contributed by atoms with Crippen molar-refractivity contribution in [2.24, 2.45) is 0 Å². The van der Waals surface area contributed by atoms with E-state index in [0.29, 0.717) is 6.42 Å². The SMILES string of the molecule is CC(C)(O)C(C)(C)NC1CCS(=O)(=O)C1. The van der Waals surface area contributed by atoms with E-state index in [1.54, 1.807) is 13.8 Å². The van der Waals surface area contributed by atoms with E-state index in [1.165, 1.54) is 0 Å². The van der Waals surface area contributed by atoms with E-state index in [0.717, 1.165) is 0 Å². The van der Waals surface area contributed by atoms with Crippen molar-refractivity contribution in [3.63, 3.8) is 0 Å². The average molecular weight is 235 g/mol. The topological polar surface area (TPSA) is 66.4 Å². The van der Waals surface area contributed by atoms with E-state index in [9.17, 15) is 13.5 Å². The van der Waals surface area contributed by atoms with Gasteiger partial charge in [-0.15, -0.1) is 0 Å². The number of hydrogen-bond donors (Lipinski definition) is 2. The maximum atomic E-state index is 11.3. The maximum Gasteiger partial charge on any atom is 0.151 e. The second-order valence-electron chi connectivity index (χ2n) is 5.43. The van der Waals surface area contributed by atoms with Gasteiger partial charge < -0.3 is 10.4 Å². The highest BCUT2D eigenvalue weighted by Gasteiger charge is 2.39. The molecule has 0 aromatic carbocycles. The molecule has 0 radical (unpaired) electrons. The summed E-state index contributed by atoms with van der Waals surface area (Å²) in [7, 11) is -2.86. The van der Waals surface area contributed by atoms with Gasteiger partial charge in [-0.2, -0.15) is 0 Å². The highest BCUT2D eigenvalue weighted by Crippen LogP contribution is 2.23. The molecule has 15 heavy (non-hydrogen) atoms. The summed E-state index contributed by atoms with van der Waals surface area (Å²) in [6.07, 6.45) is 0.641. The Morgan fingerprint density at radius 2 is 1.80 bits per heavy atom. The van der Waals surface area contributed by atoms with Crippen LogP contribution < -0.4 is 5.32 Å². The molecule has 1 aliphatic rings. The zero-order valence-electron chi connectivity index (χ0n) is 9.87. The third kappa shape index (κ3) is 3.16. The smallest absolute Gasteiger partial charge is 0.151 e. The monoisotopic (exact) mass is 235 g/mol. The maximum absolute atomic E-state index is 11.3. The van der Waals surface area contributed by atoms with Crippen LogP contribution in [0.25, 0.3) is 0 Å². The standard InChI is InChI=1S/C10H21NO3S/c1-9(2,10(3,4)12)11-8-5-6-15(13,14)7-8/h8,11-12H,5-7H2,1-4H3. The van der Waals surface area contributed by atoms with Crippen LogP contribution in [0.2, 0.25) is 0 Å². The fraction of sp³-hybridized carbons (Fsp3) is 1.00.